The van der Waals surface area contributed by atoms with Crippen molar-refractivity contribution in [2.45, 2.75) is 24.4 Å². The molecule has 1 aliphatic heterocycles. The molecule has 2 aliphatic rings. The Hall–Kier alpha value is -1.49. The van der Waals surface area contributed by atoms with E-state index in [4.69, 9.17) is 4.74 Å². The van der Waals surface area contributed by atoms with E-state index in [1.54, 1.807) is 0 Å². The molecule has 90 valence electrons. The summed E-state index contributed by atoms with van der Waals surface area (Å²) in [6.07, 6.45) is 0.537. The molecular formula is C12H11F2NO2. The third-order valence-corrected chi connectivity index (χ3v) is 3.66. The summed E-state index contributed by atoms with van der Waals surface area (Å²) in [4.78, 5) is 11.6. The molecule has 1 N–H and O–H groups in total. The van der Waals surface area contributed by atoms with Gasteiger partial charge in [-0.3, -0.25) is 10.1 Å². The summed E-state index contributed by atoms with van der Waals surface area (Å²) in [5.74, 6) is -1.70. The maximum Gasteiger partial charge on any atom is 0.326 e. The van der Waals surface area contributed by atoms with Crippen molar-refractivity contribution in [3.63, 3.8) is 0 Å². The molecule has 1 aromatic rings. The fraction of sp³-hybridized carbons (Fsp3) is 0.417. The number of halogens is 2. The van der Waals surface area contributed by atoms with Crippen LogP contribution < -0.4 is 5.32 Å². The van der Waals surface area contributed by atoms with E-state index in [9.17, 15) is 13.6 Å². The van der Waals surface area contributed by atoms with Crippen molar-refractivity contribution in [3.8, 4) is 0 Å². The van der Waals surface area contributed by atoms with Crippen LogP contribution in [0.5, 0.6) is 0 Å². The van der Waals surface area contributed by atoms with Crippen LogP contribution in [-0.2, 0) is 16.1 Å². The van der Waals surface area contributed by atoms with E-state index in [2.05, 4.69) is 5.32 Å². The van der Waals surface area contributed by atoms with Crippen molar-refractivity contribution in [1.82, 2.24) is 5.32 Å². The Morgan fingerprint density at radius 1 is 1.53 bits per heavy atom. The number of benzene rings is 1. The quantitative estimate of drug-likeness (QED) is 0.754. The minimum absolute atomic E-state index is 0.177. The van der Waals surface area contributed by atoms with Gasteiger partial charge in [0.1, 0.15) is 17.2 Å². The van der Waals surface area contributed by atoms with E-state index < -0.39 is 17.2 Å². The molecule has 1 heterocycles. The normalized spacial score (nSPS) is 29.2. The second kappa shape index (κ2) is 3.26. The van der Waals surface area contributed by atoms with E-state index in [-0.39, 0.29) is 18.4 Å². The molecule has 1 aliphatic carbocycles. The molecule has 3 rings (SSSR count). The lowest BCUT2D eigenvalue weighted by atomic mass is 9.95. The summed E-state index contributed by atoms with van der Waals surface area (Å²) in [5, 5.41) is 3.00. The van der Waals surface area contributed by atoms with Gasteiger partial charge in [0.25, 0.3) is 0 Å². The van der Waals surface area contributed by atoms with Crippen molar-refractivity contribution in [3.05, 3.63) is 34.9 Å². The second-order valence-corrected chi connectivity index (χ2v) is 4.53. The van der Waals surface area contributed by atoms with Crippen molar-refractivity contribution in [1.29, 1.82) is 0 Å². The minimum atomic E-state index is -0.762. The maximum atomic E-state index is 13.5. The lowest BCUT2D eigenvalue weighted by Crippen LogP contribution is -2.44. The van der Waals surface area contributed by atoms with E-state index >= 15 is 0 Å². The van der Waals surface area contributed by atoms with Crippen LogP contribution in [0, 0.1) is 11.6 Å². The zero-order valence-corrected chi connectivity index (χ0v) is 9.22. The number of ether oxygens (including phenoxy) is 1. The Morgan fingerprint density at radius 2 is 2.29 bits per heavy atom. The largest absolute Gasteiger partial charge is 0.468 e. The highest BCUT2D eigenvalue weighted by atomic mass is 19.1. The van der Waals surface area contributed by atoms with Crippen molar-refractivity contribution >= 4 is 5.97 Å². The number of carbonyl (C=O) groups is 1. The Morgan fingerprint density at radius 3 is 3.00 bits per heavy atom. The van der Waals surface area contributed by atoms with Gasteiger partial charge >= 0.3 is 5.97 Å². The topological polar surface area (TPSA) is 38.3 Å². The molecule has 2 unspecified atom stereocenters. The SMILES string of the molecule is COC(=O)C12CC1c1cc(F)cc(F)c1CN2. The molecule has 1 saturated carbocycles. The highest BCUT2D eigenvalue weighted by molar-refractivity contribution is 5.87. The highest BCUT2D eigenvalue weighted by Gasteiger charge is 2.64. The van der Waals surface area contributed by atoms with Crippen LogP contribution in [0.4, 0.5) is 8.78 Å². The third-order valence-electron chi connectivity index (χ3n) is 3.66. The van der Waals surface area contributed by atoms with Crippen molar-refractivity contribution < 1.29 is 18.3 Å². The molecule has 0 bridgehead atoms. The molecule has 5 heteroatoms. The molecular weight excluding hydrogens is 228 g/mol. The average molecular weight is 239 g/mol. The first kappa shape index (κ1) is 10.7. The number of esters is 1. The minimum Gasteiger partial charge on any atom is -0.468 e. The van der Waals surface area contributed by atoms with Gasteiger partial charge in [0.05, 0.1) is 7.11 Å². The van der Waals surface area contributed by atoms with Gasteiger partial charge in [-0.15, -0.1) is 0 Å². The van der Waals surface area contributed by atoms with Crippen LogP contribution in [-0.4, -0.2) is 18.6 Å². The van der Waals surface area contributed by atoms with Gasteiger partial charge in [0, 0.05) is 24.1 Å². The van der Waals surface area contributed by atoms with Gasteiger partial charge in [-0.05, 0) is 18.1 Å². The van der Waals surface area contributed by atoms with Crippen LogP contribution in [0.15, 0.2) is 12.1 Å². The van der Waals surface area contributed by atoms with Crippen molar-refractivity contribution in [2.24, 2.45) is 0 Å². The van der Waals surface area contributed by atoms with Gasteiger partial charge in [0.15, 0.2) is 0 Å². The molecule has 0 aromatic heterocycles. The van der Waals surface area contributed by atoms with Gasteiger partial charge in [-0.1, -0.05) is 0 Å². The molecule has 0 radical (unpaired) electrons. The molecule has 0 amide bonds. The number of methoxy groups -OCH3 is 1. The standard InChI is InChI=1S/C12H11F2NO2/c1-17-11(16)12-4-9(12)7-2-6(13)3-10(14)8(7)5-15-12/h2-3,9,15H,4-5H2,1H3. The average Bonchev–Trinajstić information content (AvgIpc) is 3.04. The number of rotatable bonds is 1. The van der Waals surface area contributed by atoms with Gasteiger partial charge in [-0.2, -0.15) is 0 Å². The number of nitrogens with one attached hydrogen (secondary N) is 1. The van der Waals surface area contributed by atoms with Crippen LogP contribution >= 0.6 is 0 Å². The number of fused-ring (bicyclic) bond motifs is 3. The number of carbonyl (C=O) groups excluding carboxylic acids is 1. The van der Waals surface area contributed by atoms with Crippen LogP contribution in [0.2, 0.25) is 0 Å². The third kappa shape index (κ3) is 1.32. The number of hydrogen-bond donors (Lipinski definition) is 1. The number of hydrogen-bond acceptors (Lipinski definition) is 3. The van der Waals surface area contributed by atoms with Crippen LogP contribution in [0.3, 0.4) is 0 Å². The zero-order chi connectivity index (χ0) is 12.2. The Balaban J connectivity index is 2.04. The molecule has 1 fully saturated rings. The molecule has 1 aromatic carbocycles. The summed E-state index contributed by atoms with van der Waals surface area (Å²) in [7, 11) is 1.32. The Kier molecular flexibility index (Phi) is 2.04. The Labute approximate surface area is 96.8 Å². The molecule has 17 heavy (non-hydrogen) atoms. The Bertz CT molecular complexity index is 517. The molecule has 0 spiro atoms. The maximum absolute atomic E-state index is 13.5. The highest BCUT2D eigenvalue weighted by Crippen LogP contribution is 2.55. The lowest BCUT2D eigenvalue weighted by molar-refractivity contribution is -0.144. The fourth-order valence-electron chi connectivity index (χ4n) is 2.68. The summed E-state index contributed by atoms with van der Waals surface area (Å²) >= 11 is 0. The first-order valence-corrected chi connectivity index (χ1v) is 5.40. The van der Waals surface area contributed by atoms with E-state index in [0.29, 0.717) is 17.5 Å². The molecule has 0 saturated heterocycles. The van der Waals surface area contributed by atoms with E-state index in [1.165, 1.54) is 13.2 Å². The second-order valence-electron chi connectivity index (χ2n) is 4.53. The summed E-state index contributed by atoms with van der Waals surface area (Å²) < 4.78 is 31.4. The first-order valence-electron chi connectivity index (χ1n) is 5.40. The van der Waals surface area contributed by atoms with E-state index in [1.807, 2.05) is 0 Å². The van der Waals surface area contributed by atoms with Crippen molar-refractivity contribution in [2.75, 3.05) is 7.11 Å². The summed E-state index contributed by atoms with van der Waals surface area (Å²) in [6.45, 7) is 0.229. The van der Waals surface area contributed by atoms with Gasteiger partial charge < -0.3 is 4.74 Å². The lowest BCUT2D eigenvalue weighted by Gasteiger charge is -2.24. The summed E-state index contributed by atoms with van der Waals surface area (Å²) in [6, 6.07) is 2.18. The van der Waals surface area contributed by atoms with Gasteiger partial charge in [-0.25, -0.2) is 8.78 Å². The first-order chi connectivity index (χ1) is 8.08. The zero-order valence-electron chi connectivity index (χ0n) is 9.22. The van der Waals surface area contributed by atoms with Gasteiger partial charge in [0.2, 0.25) is 0 Å². The fourth-order valence-corrected chi connectivity index (χ4v) is 2.68. The smallest absolute Gasteiger partial charge is 0.326 e. The molecule has 3 nitrogen and oxygen atoms in total. The van der Waals surface area contributed by atoms with Crippen LogP contribution in [0.25, 0.3) is 0 Å². The van der Waals surface area contributed by atoms with E-state index in [0.717, 1.165) is 6.07 Å². The predicted octanol–water partition coefficient (Wildman–Crippen LogP) is 1.47. The summed E-state index contributed by atoms with van der Waals surface area (Å²) in [5.41, 5.74) is 0.280. The monoisotopic (exact) mass is 239 g/mol. The van der Waals surface area contributed by atoms with Crippen LogP contribution in [0.1, 0.15) is 23.5 Å². The predicted molar refractivity (Wildman–Crippen MR) is 55.3 cm³/mol. The molecule has 2 atom stereocenters.